The topological polar surface area (TPSA) is 82.6 Å². The first-order valence-electron chi connectivity index (χ1n) is 7.26. The van der Waals surface area contributed by atoms with Gasteiger partial charge < -0.3 is 14.2 Å². The van der Waals surface area contributed by atoms with Crippen LogP contribution in [0.3, 0.4) is 0 Å². The summed E-state index contributed by atoms with van der Waals surface area (Å²) in [5.41, 5.74) is 0. The second-order valence-electron chi connectivity index (χ2n) is 4.96. The van der Waals surface area contributed by atoms with E-state index in [4.69, 9.17) is 14.2 Å². The third kappa shape index (κ3) is 4.17. The predicted octanol–water partition coefficient (Wildman–Crippen LogP) is 2.42. The number of benzene rings is 1. The van der Waals surface area contributed by atoms with Crippen LogP contribution in [0, 0.1) is 0 Å². The Morgan fingerprint density at radius 2 is 2.13 bits per heavy atom. The van der Waals surface area contributed by atoms with Gasteiger partial charge in [-0.2, -0.15) is 0 Å². The highest BCUT2D eigenvalue weighted by Crippen LogP contribution is 2.31. The fourth-order valence-corrected chi connectivity index (χ4v) is 3.01. The van der Waals surface area contributed by atoms with Crippen molar-refractivity contribution in [2.75, 3.05) is 25.6 Å². The fraction of sp³-hybridized carbons (Fsp3) is 0.400. The van der Waals surface area contributed by atoms with Gasteiger partial charge in [-0.3, -0.25) is 10.1 Å². The highest BCUT2D eigenvalue weighted by atomic mass is 32.1. The lowest BCUT2D eigenvalue weighted by atomic mass is 10.2. The van der Waals surface area contributed by atoms with E-state index in [1.807, 2.05) is 0 Å². The third-order valence-electron chi connectivity index (χ3n) is 3.32. The molecule has 7 nitrogen and oxygen atoms in total. The normalized spacial score (nSPS) is 17.0. The van der Waals surface area contributed by atoms with E-state index >= 15 is 0 Å². The average molecular weight is 335 g/mol. The van der Waals surface area contributed by atoms with Crippen molar-refractivity contribution in [3.8, 4) is 11.5 Å². The van der Waals surface area contributed by atoms with E-state index < -0.39 is 0 Å². The van der Waals surface area contributed by atoms with Crippen LogP contribution in [-0.4, -0.2) is 36.4 Å². The van der Waals surface area contributed by atoms with Crippen LogP contribution in [0.5, 0.6) is 11.5 Å². The van der Waals surface area contributed by atoms with Crippen LogP contribution < -0.4 is 14.8 Å². The number of anilines is 1. The SMILES string of the molecule is COc1ccc(OCC(=O)Nc2nnc(C3CCCO3)s2)cc1. The molecule has 1 amide bonds. The second kappa shape index (κ2) is 7.38. The largest absolute Gasteiger partial charge is 0.497 e. The summed E-state index contributed by atoms with van der Waals surface area (Å²) in [7, 11) is 1.59. The maximum atomic E-state index is 11.9. The highest BCUT2D eigenvalue weighted by molar-refractivity contribution is 7.15. The number of carbonyl (C=O) groups is 1. The van der Waals surface area contributed by atoms with Crippen molar-refractivity contribution < 1.29 is 19.0 Å². The quantitative estimate of drug-likeness (QED) is 0.873. The van der Waals surface area contributed by atoms with E-state index in [2.05, 4.69) is 15.5 Å². The Morgan fingerprint density at radius 3 is 2.83 bits per heavy atom. The highest BCUT2D eigenvalue weighted by Gasteiger charge is 2.22. The summed E-state index contributed by atoms with van der Waals surface area (Å²) in [5, 5.41) is 12.0. The van der Waals surface area contributed by atoms with E-state index in [0.717, 1.165) is 30.2 Å². The molecule has 1 aliphatic rings. The first-order valence-corrected chi connectivity index (χ1v) is 8.08. The van der Waals surface area contributed by atoms with Gasteiger partial charge in [-0.05, 0) is 37.1 Å². The molecule has 3 rings (SSSR count). The number of nitrogens with one attached hydrogen (secondary N) is 1. The Bertz CT molecular complexity index is 653. The predicted molar refractivity (Wildman–Crippen MR) is 85.0 cm³/mol. The van der Waals surface area contributed by atoms with E-state index in [1.165, 1.54) is 11.3 Å². The number of carbonyl (C=O) groups excluding carboxylic acids is 1. The van der Waals surface area contributed by atoms with Gasteiger partial charge in [0.1, 0.15) is 22.6 Å². The number of rotatable bonds is 6. The molecule has 0 spiro atoms. The lowest BCUT2D eigenvalue weighted by Crippen LogP contribution is -2.20. The van der Waals surface area contributed by atoms with Gasteiger partial charge in [-0.15, -0.1) is 10.2 Å². The molecule has 1 aliphatic heterocycles. The number of nitrogens with zero attached hydrogens (tertiary/aromatic N) is 2. The molecule has 122 valence electrons. The summed E-state index contributed by atoms with van der Waals surface area (Å²) in [4.78, 5) is 11.9. The van der Waals surface area contributed by atoms with Crippen molar-refractivity contribution in [1.29, 1.82) is 0 Å². The maximum Gasteiger partial charge on any atom is 0.264 e. The number of aromatic nitrogens is 2. The second-order valence-corrected chi connectivity index (χ2v) is 5.97. The monoisotopic (exact) mass is 335 g/mol. The van der Waals surface area contributed by atoms with E-state index in [0.29, 0.717) is 10.9 Å². The average Bonchev–Trinajstić information content (AvgIpc) is 3.24. The molecule has 23 heavy (non-hydrogen) atoms. The molecule has 1 atom stereocenters. The minimum absolute atomic E-state index is 0.00806. The van der Waals surface area contributed by atoms with E-state index in [1.54, 1.807) is 31.4 Å². The molecule has 0 radical (unpaired) electrons. The standard InChI is InChI=1S/C15H17N3O4S/c1-20-10-4-6-11(7-5-10)22-9-13(19)16-15-18-17-14(23-15)12-3-2-8-21-12/h4-7,12H,2-3,8-9H2,1H3,(H,16,18,19). The van der Waals surface area contributed by atoms with Crippen LogP contribution in [0.25, 0.3) is 0 Å². The molecule has 0 saturated carbocycles. The Morgan fingerprint density at radius 1 is 1.35 bits per heavy atom. The molecule has 1 N–H and O–H groups in total. The molecule has 1 unspecified atom stereocenters. The first kappa shape index (κ1) is 15.7. The smallest absolute Gasteiger partial charge is 0.264 e. The van der Waals surface area contributed by atoms with Crippen LogP contribution in [0.2, 0.25) is 0 Å². The van der Waals surface area contributed by atoms with Crippen LogP contribution in [-0.2, 0) is 9.53 Å². The molecule has 1 fully saturated rings. The minimum atomic E-state index is -0.282. The summed E-state index contributed by atoms with van der Waals surface area (Å²) in [6.07, 6.45) is 1.99. The number of amides is 1. The molecule has 0 bridgehead atoms. The lowest BCUT2D eigenvalue weighted by molar-refractivity contribution is -0.118. The molecular formula is C15H17N3O4S. The van der Waals surface area contributed by atoms with Gasteiger partial charge >= 0.3 is 0 Å². The molecule has 1 saturated heterocycles. The van der Waals surface area contributed by atoms with Gasteiger partial charge in [0.05, 0.1) is 7.11 Å². The van der Waals surface area contributed by atoms with Gasteiger partial charge in [0, 0.05) is 6.61 Å². The third-order valence-corrected chi connectivity index (χ3v) is 4.25. The van der Waals surface area contributed by atoms with Crippen molar-refractivity contribution in [2.45, 2.75) is 18.9 Å². The zero-order valence-electron chi connectivity index (χ0n) is 12.7. The Kier molecular flexibility index (Phi) is 5.04. The summed E-state index contributed by atoms with van der Waals surface area (Å²) in [5.74, 6) is 1.05. The number of hydrogen-bond donors (Lipinski definition) is 1. The summed E-state index contributed by atoms with van der Waals surface area (Å²) < 4.78 is 16.0. The number of methoxy groups -OCH3 is 1. The minimum Gasteiger partial charge on any atom is -0.497 e. The van der Waals surface area contributed by atoms with Crippen molar-refractivity contribution in [1.82, 2.24) is 10.2 Å². The van der Waals surface area contributed by atoms with Gasteiger partial charge in [-0.25, -0.2) is 0 Å². The van der Waals surface area contributed by atoms with Gasteiger partial charge in [0.2, 0.25) is 5.13 Å². The summed E-state index contributed by atoms with van der Waals surface area (Å²) in [6, 6.07) is 7.02. The van der Waals surface area contributed by atoms with Crippen LogP contribution in [0.15, 0.2) is 24.3 Å². The van der Waals surface area contributed by atoms with E-state index in [-0.39, 0.29) is 18.6 Å². The Hall–Kier alpha value is -2.19. The zero-order chi connectivity index (χ0) is 16.1. The fourth-order valence-electron chi connectivity index (χ4n) is 2.16. The zero-order valence-corrected chi connectivity index (χ0v) is 13.5. The number of ether oxygens (including phenoxy) is 3. The molecule has 1 aromatic carbocycles. The van der Waals surface area contributed by atoms with Crippen molar-refractivity contribution >= 4 is 22.4 Å². The Balaban J connectivity index is 1.48. The summed E-state index contributed by atoms with van der Waals surface area (Å²) >= 11 is 1.33. The molecule has 2 heterocycles. The van der Waals surface area contributed by atoms with Crippen molar-refractivity contribution in [3.63, 3.8) is 0 Å². The van der Waals surface area contributed by atoms with Gasteiger partial charge in [0.25, 0.3) is 5.91 Å². The van der Waals surface area contributed by atoms with Gasteiger partial charge in [-0.1, -0.05) is 11.3 Å². The first-order chi connectivity index (χ1) is 11.2. The molecule has 0 aliphatic carbocycles. The molecule has 2 aromatic rings. The molecule has 1 aromatic heterocycles. The van der Waals surface area contributed by atoms with Gasteiger partial charge in [0.15, 0.2) is 6.61 Å². The van der Waals surface area contributed by atoms with Crippen molar-refractivity contribution in [3.05, 3.63) is 29.3 Å². The molecule has 8 heteroatoms. The van der Waals surface area contributed by atoms with Crippen LogP contribution in [0.4, 0.5) is 5.13 Å². The van der Waals surface area contributed by atoms with E-state index in [9.17, 15) is 4.79 Å². The maximum absolute atomic E-state index is 11.9. The summed E-state index contributed by atoms with van der Waals surface area (Å²) in [6.45, 7) is 0.656. The van der Waals surface area contributed by atoms with Crippen molar-refractivity contribution in [2.24, 2.45) is 0 Å². The van der Waals surface area contributed by atoms with Crippen LogP contribution >= 0.6 is 11.3 Å². The Labute approximate surface area is 137 Å². The number of hydrogen-bond acceptors (Lipinski definition) is 7. The molecular weight excluding hydrogens is 318 g/mol. The van der Waals surface area contributed by atoms with Crippen LogP contribution in [0.1, 0.15) is 24.0 Å². The lowest BCUT2D eigenvalue weighted by Gasteiger charge is -2.06.